The summed E-state index contributed by atoms with van der Waals surface area (Å²) in [6, 6.07) is 9.12. The van der Waals surface area contributed by atoms with Gasteiger partial charge in [0.15, 0.2) is 0 Å². The first-order chi connectivity index (χ1) is 8.97. The molecule has 0 fully saturated rings. The van der Waals surface area contributed by atoms with Crippen molar-refractivity contribution in [3.63, 3.8) is 0 Å². The van der Waals surface area contributed by atoms with Gasteiger partial charge in [0.25, 0.3) is 5.91 Å². The summed E-state index contributed by atoms with van der Waals surface area (Å²) in [7, 11) is 0. The van der Waals surface area contributed by atoms with Gasteiger partial charge in [-0.05, 0) is 36.8 Å². The van der Waals surface area contributed by atoms with Crippen LogP contribution in [0.1, 0.15) is 15.9 Å². The zero-order chi connectivity index (χ0) is 14.0. The summed E-state index contributed by atoms with van der Waals surface area (Å²) < 4.78 is 19.0. The van der Waals surface area contributed by atoms with Crippen LogP contribution in [-0.2, 0) is 0 Å². The highest BCUT2D eigenvalue weighted by Crippen LogP contribution is 2.28. The molecule has 2 aromatic rings. The largest absolute Gasteiger partial charge is 0.455 e. The maximum absolute atomic E-state index is 13.6. The molecule has 0 saturated heterocycles. The third-order valence-electron chi connectivity index (χ3n) is 2.60. The number of benzene rings is 2. The maximum atomic E-state index is 13.6. The lowest BCUT2D eigenvalue weighted by Gasteiger charge is -2.09. The van der Waals surface area contributed by atoms with E-state index in [0.29, 0.717) is 11.4 Å². The van der Waals surface area contributed by atoms with Crippen LogP contribution in [0.25, 0.3) is 0 Å². The van der Waals surface area contributed by atoms with Crippen LogP contribution in [0.5, 0.6) is 11.5 Å². The molecule has 0 aliphatic carbocycles. The molecular formula is C14H13FN2O2. The molecule has 2 rings (SSSR count). The molecule has 0 spiro atoms. The molecule has 0 bridgehead atoms. The molecule has 19 heavy (non-hydrogen) atoms. The van der Waals surface area contributed by atoms with Crippen molar-refractivity contribution in [2.24, 2.45) is 5.73 Å². The van der Waals surface area contributed by atoms with Gasteiger partial charge in [-0.2, -0.15) is 0 Å². The highest BCUT2D eigenvalue weighted by molar-refractivity contribution is 5.93. The highest BCUT2D eigenvalue weighted by atomic mass is 19.1. The second-order valence-corrected chi connectivity index (χ2v) is 4.15. The van der Waals surface area contributed by atoms with E-state index in [-0.39, 0.29) is 11.3 Å². The van der Waals surface area contributed by atoms with Crippen LogP contribution >= 0.6 is 0 Å². The lowest BCUT2D eigenvalue weighted by atomic mass is 10.2. The third kappa shape index (κ3) is 2.82. The van der Waals surface area contributed by atoms with Crippen LogP contribution in [-0.4, -0.2) is 5.91 Å². The van der Waals surface area contributed by atoms with Gasteiger partial charge in [0.05, 0.1) is 11.3 Å². The molecule has 2 aromatic carbocycles. The molecule has 98 valence electrons. The van der Waals surface area contributed by atoms with E-state index in [4.69, 9.17) is 16.2 Å². The first kappa shape index (κ1) is 12.9. The summed E-state index contributed by atoms with van der Waals surface area (Å²) in [6.45, 7) is 1.90. The van der Waals surface area contributed by atoms with Gasteiger partial charge >= 0.3 is 0 Å². The smallest absolute Gasteiger partial charge is 0.251 e. The second kappa shape index (κ2) is 4.97. The lowest BCUT2D eigenvalue weighted by molar-refractivity contribution is 0.0996. The van der Waals surface area contributed by atoms with Gasteiger partial charge in [-0.25, -0.2) is 4.39 Å². The number of halogens is 1. The van der Waals surface area contributed by atoms with Gasteiger partial charge in [-0.15, -0.1) is 0 Å². The highest BCUT2D eigenvalue weighted by Gasteiger charge is 2.10. The Labute approximate surface area is 109 Å². The van der Waals surface area contributed by atoms with Crippen molar-refractivity contribution in [3.8, 4) is 11.5 Å². The predicted molar refractivity (Wildman–Crippen MR) is 70.6 cm³/mol. The number of ether oxygens (including phenoxy) is 1. The van der Waals surface area contributed by atoms with E-state index in [9.17, 15) is 9.18 Å². The number of nitrogens with two attached hydrogens (primary N) is 2. The summed E-state index contributed by atoms with van der Waals surface area (Å²) in [5.41, 5.74) is 12.1. The number of hydrogen-bond donors (Lipinski definition) is 2. The van der Waals surface area contributed by atoms with Gasteiger partial charge in [0.2, 0.25) is 0 Å². The van der Waals surface area contributed by atoms with Crippen molar-refractivity contribution in [2.75, 3.05) is 5.73 Å². The number of hydrogen-bond acceptors (Lipinski definition) is 3. The number of amides is 1. The molecule has 4 N–H and O–H groups in total. The van der Waals surface area contributed by atoms with Crippen molar-refractivity contribution < 1.29 is 13.9 Å². The summed E-state index contributed by atoms with van der Waals surface area (Å²) in [5.74, 6) is -0.871. The Hall–Kier alpha value is -2.56. The number of anilines is 1. The van der Waals surface area contributed by atoms with Crippen LogP contribution < -0.4 is 16.2 Å². The normalized spacial score (nSPS) is 10.2. The zero-order valence-corrected chi connectivity index (χ0v) is 10.3. The molecule has 0 heterocycles. The Balaban J connectivity index is 2.29. The average molecular weight is 260 g/mol. The molecule has 0 aliphatic rings. The lowest BCUT2D eigenvalue weighted by Crippen LogP contribution is -2.12. The summed E-state index contributed by atoms with van der Waals surface area (Å²) in [5, 5.41) is 0. The van der Waals surface area contributed by atoms with E-state index in [1.54, 1.807) is 12.1 Å². The van der Waals surface area contributed by atoms with Gasteiger partial charge < -0.3 is 16.2 Å². The van der Waals surface area contributed by atoms with Gasteiger partial charge in [0.1, 0.15) is 17.3 Å². The minimum absolute atomic E-state index is 0.177. The fourth-order valence-electron chi connectivity index (χ4n) is 1.65. The van der Waals surface area contributed by atoms with Crippen LogP contribution in [0.3, 0.4) is 0 Å². The van der Waals surface area contributed by atoms with Crippen molar-refractivity contribution in [1.29, 1.82) is 0 Å². The van der Waals surface area contributed by atoms with E-state index in [1.807, 2.05) is 13.0 Å². The van der Waals surface area contributed by atoms with Gasteiger partial charge in [0, 0.05) is 6.07 Å². The van der Waals surface area contributed by atoms with Crippen molar-refractivity contribution in [2.45, 2.75) is 6.92 Å². The number of nitrogen functional groups attached to an aromatic ring is 1. The predicted octanol–water partition coefficient (Wildman–Crippen LogP) is 2.61. The van der Waals surface area contributed by atoms with Gasteiger partial charge in [-0.3, -0.25) is 4.79 Å². The van der Waals surface area contributed by atoms with Crippen LogP contribution in [0, 0.1) is 12.7 Å². The SMILES string of the molecule is Cc1ccc(Oc2ccc(C(N)=O)c(F)c2)c(N)c1. The number of rotatable bonds is 3. The van der Waals surface area contributed by atoms with Crippen molar-refractivity contribution >= 4 is 11.6 Å². The van der Waals surface area contributed by atoms with Crippen LogP contribution in [0.15, 0.2) is 36.4 Å². The molecule has 0 unspecified atom stereocenters. The van der Waals surface area contributed by atoms with Crippen LogP contribution in [0.4, 0.5) is 10.1 Å². The zero-order valence-electron chi connectivity index (χ0n) is 10.3. The molecule has 1 amide bonds. The van der Waals surface area contributed by atoms with E-state index < -0.39 is 11.7 Å². The molecule has 0 atom stereocenters. The Bertz CT molecular complexity index is 641. The Morgan fingerprint density at radius 2 is 1.95 bits per heavy atom. The van der Waals surface area contributed by atoms with E-state index >= 15 is 0 Å². The summed E-state index contributed by atoms with van der Waals surface area (Å²) in [6.07, 6.45) is 0. The first-order valence-corrected chi connectivity index (χ1v) is 5.60. The Kier molecular flexibility index (Phi) is 3.37. The van der Waals surface area contributed by atoms with Crippen molar-refractivity contribution in [1.82, 2.24) is 0 Å². The Morgan fingerprint density at radius 1 is 1.21 bits per heavy atom. The fraction of sp³-hybridized carbons (Fsp3) is 0.0714. The number of aryl methyl sites for hydroxylation is 1. The van der Waals surface area contributed by atoms with E-state index in [2.05, 4.69) is 0 Å². The average Bonchev–Trinajstić information content (AvgIpc) is 2.32. The quantitative estimate of drug-likeness (QED) is 0.832. The molecule has 0 radical (unpaired) electrons. The summed E-state index contributed by atoms with van der Waals surface area (Å²) >= 11 is 0. The van der Waals surface area contributed by atoms with E-state index in [0.717, 1.165) is 11.6 Å². The van der Waals surface area contributed by atoms with Crippen molar-refractivity contribution in [3.05, 3.63) is 53.3 Å². The number of primary amides is 1. The van der Waals surface area contributed by atoms with Crippen LogP contribution in [0.2, 0.25) is 0 Å². The molecule has 5 heteroatoms. The minimum atomic E-state index is -0.820. The number of carbonyl (C=O) groups excluding carboxylic acids is 1. The molecular weight excluding hydrogens is 247 g/mol. The maximum Gasteiger partial charge on any atom is 0.251 e. The minimum Gasteiger partial charge on any atom is -0.455 e. The standard InChI is InChI=1S/C14H13FN2O2/c1-8-2-5-13(12(16)6-8)19-9-3-4-10(14(17)18)11(15)7-9/h2-7H,16H2,1H3,(H2,17,18). The first-order valence-electron chi connectivity index (χ1n) is 5.60. The molecule has 0 saturated carbocycles. The topological polar surface area (TPSA) is 78.3 Å². The molecule has 4 nitrogen and oxygen atoms in total. The number of carbonyl (C=O) groups is 1. The van der Waals surface area contributed by atoms with E-state index in [1.165, 1.54) is 12.1 Å². The second-order valence-electron chi connectivity index (χ2n) is 4.15. The monoisotopic (exact) mass is 260 g/mol. The molecule has 0 aromatic heterocycles. The fourth-order valence-corrected chi connectivity index (χ4v) is 1.65. The summed E-state index contributed by atoms with van der Waals surface area (Å²) in [4.78, 5) is 10.9. The Morgan fingerprint density at radius 3 is 2.53 bits per heavy atom. The third-order valence-corrected chi connectivity index (χ3v) is 2.60. The molecule has 0 aliphatic heterocycles. The van der Waals surface area contributed by atoms with Gasteiger partial charge in [-0.1, -0.05) is 6.07 Å².